The quantitative estimate of drug-likeness (QED) is 0.107. The number of hydrogen-bond donors (Lipinski definition) is 4. The Balaban J connectivity index is 0.896. The van der Waals surface area contributed by atoms with E-state index in [1.54, 1.807) is 31.9 Å². The third-order valence-electron chi connectivity index (χ3n) is 11.1. The molecule has 0 unspecified atom stereocenters. The Kier molecular flexibility index (Phi) is 11.8. The molecule has 310 valence electrons. The molecule has 0 saturated carbocycles. The van der Waals surface area contributed by atoms with Gasteiger partial charge in [-0.05, 0) is 93.0 Å². The van der Waals surface area contributed by atoms with Gasteiger partial charge in [0.25, 0.3) is 5.91 Å². The van der Waals surface area contributed by atoms with Gasteiger partial charge < -0.3 is 35.6 Å². The summed E-state index contributed by atoms with van der Waals surface area (Å²) in [5.41, 5.74) is 12.5. The van der Waals surface area contributed by atoms with Gasteiger partial charge in [-0.1, -0.05) is 96.8 Å². The van der Waals surface area contributed by atoms with Crippen LogP contribution in [0.4, 0.5) is 4.79 Å². The normalized spacial score (nSPS) is 17.3. The number of amides is 3. The number of nitrogens with one attached hydrogen (secondary N) is 3. The number of aromatic nitrogens is 4. The van der Waals surface area contributed by atoms with Crippen LogP contribution in [0.5, 0.6) is 0 Å². The lowest BCUT2D eigenvalue weighted by Crippen LogP contribution is -2.44. The zero-order valence-corrected chi connectivity index (χ0v) is 34.6. The molecule has 4 heterocycles. The van der Waals surface area contributed by atoms with Crippen LogP contribution in [-0.2, 0) is 14.3 Å². The van der Waals surface area contributed by atoms with E-state index < -0.39 is 23.8 Å². The maximum absolute atomic E-state index is 14.1. The standard InChI is InChI=1S/C49H50N8O4/c1-49(2,3)61-48(60)55-43(37-14-8-5-9-15-37)47(59)57-29-11-17-41(57)45-52-31-39(54-45)35-26-22-33(23-27-35)19-18-32-20-24-34(25-21-32)38-30-51-44(53-38)40-16-10-28-56(40)46(58)42(50)36-12-6-4-7-13-36/h4-9,12-15,20-27,30-31,40-43H,10-11,16-17,28-29,50H2,1-3H3,(H,51,53)(H,52,54)(H,55,60)/t40-,41-,42+,43+/m0/s1. The Morgan fingerprint density at radius 1 is 0.689 bits per heavy atom. The predicted octanol–water partition coefficient (Wildman–Crippen LogP) is 8.16. The first kappa shape index (κ1) is 40.8. The van der Waals surface area contributed by atoms with Gasteiger partial charge in [0.1, 0.15) is 29.3 Å². The molecule has 2 fully saturated rings. The lowest BCUT2D eigenvalue weighted by molar-refractivity contribution is -0.135. The van der Waals surface area contributed by atoms with E-state index in [1.165, 1.54) is 0 Å². The third kappa shape index (κ3) is 9.43. The van der Waals surface area contributed by atoms with Gasteiger partial charge in [0.15, 0.2) is 0 Å². The number of carbonyl (C=O) groups excluding carboxylic acids is 3. The number of carbonyl (C=O) groups is 3. The zero-order chi connectivity index (χ0) is 42.5. The van der Waals surface area contributed by atoms with E-state index >= 15 is 0 Å². The summed E-state index contributed by atoms with van der Waals surface area (Å²) >= 11 is 0. The molecule has 12 nitrogen and oxygen atoms in total. The van der Waals surface area contributed by atoms with Crippen molar-refractivity contribution in [2.24, 2.45) is 5.73 Å². The molecule has 2 aliphatic rings. The lowest BCUT2D eigenvalue weighted by atomic mass is 10.0. The van der Waals surface area contributed by atoms with Crippen molar-refractivity contribution in [1.29, 1.82) is 0 Å². The van der Waals surface area contributed by atoms with E-state index in [-0.39, 0.29) is 23.9 Å². The minimum Gasteiger partial charge on any atom is -0.444 e. The third-order valence-corrected chi connectivity index (χ3v) is 11.1. The van der Waals surface area contributed by atoms with Crippen LogP contribution < -0.4 is 11.1 Å². The number of nitrogens with two attached hydrogens (primary N) is 1. The molecule has 6 aromatic rings. The van der Waals surface area contributed by atoms with E-state index in [4.69, 9.17) is 15.5 Å². The van der Waals surface area contributed by atoms with Crippen molar-refractivity contribution in [3.8, 4) is 34.4 Å². The number of hydrogen-bond acceptors (Lipinski definition) is 7. The summed E-state index contributed by atoms with van der Waals surface area (Å²) in [6.07, 6.45) is 6.24. The molecule has 3 amide bonds. The van der Waals surface area contributed by atoms with E-state index in [0.717, 1.165) is 70.7 Å². The Labute approximate surface area is 356 Å². The largest absolute Gasteiger partial charge is 0.444 e. The van der Waals surface area contributed by atoms with Crippen molar-refractivity contribution in [2.75, 3.05) is 13.1 Å². The molecule has 2 aromatic heterocycles. The van der Waals surface area contributed by atoms with Crippen molar-refractivity contribution in [3.05, 3.63) is 155 Å². The molecule has 2 aliphatic heterocycles. The van der Waals surface area contributed by atoms with Crippen LogP contribution in [0, 0.1) is 11.8 Å². The van der Waals surface area contributed by atoms with Crippen molar-refractivity contribution in [2.45, 2.75) is 76.2 Å². The summed E-state index contributed by atoms with van der Waals surface area (Å²) in [6.45, 7) is 6.57. The molecule has 0 bridgehead atoms. The minimum absolute atomic E-state index is 0.0916. The summed E-state index contributed by atoms with van der Waals surface area (Å²) in [5, 5.41) is 2.81. The van der Waals surface area contributed by atoms with Gasteiger partial charge >= 0.3 is 6.09 Å². The molecule has 0 aliphatic carbocycles. The average Bonchev–Trinajstić information content (AvgIpc) is 4.12. The van der Waals surface area contributed by atoms with Crippen molar-refractivity contribution in [3.63, 3.8) is 0 Å². The van der Waals surface area contributed by atoms with Crippen molar-refractivity contribution < 1.29 is 19.1 Å². The van der Waals surface area contributed by atoms with Crippen molar-refractivity contribution >= 4 is 17.9 Å². The van der Waals surface area contributed by atoms with Crippen LogP contribution in [0.25, 0.3) is 22.5 Å². The fraction of sp³-hybridized carbons (Fsp3) is 0.286. The highest BCUT2D eigenvalue weighted by molar-refractivity contribution is 5.87. The first-order valence-electron chi connectivity index (χ1n) is 20.8. The van der Waals surface area contributed by atoms with Crippen LogP contribution in [0.1, 0.15) is 105 Å². The first-order chi connectivity index (χ1) is 29.5. The molecule has 61 heavy (non-hydrogen) atoms. The van der Waals surface area contributed by atoms with Gasteiger partial charge in [-0.15, -0.1) is 0 Å². The Bertz CT molecular complexity index is 2530. The number of aromatic amines is 2. The number of H-pyrrole nitrogens is 2. The molecule has 4 atom stereocenters. The zero-order valence-electron chi connectivity index (χ0n) is 34.6. The SMILES string of the molecule is CC(C)(C)OC(=O)N[C@@H](C(=O)N1CCC[C@H]1c1ncc(-c2ccc(C#Cc3ccc(-c4cnc([C@@H]5CCCN5C(=O)[C@H](N)c5ccccc5)[nH]4)cc3)cc2)[nH]1)c1ccccc1. The number of likely N-dealkylation sites (tertiary alicyclic amines) is 2. The number of rotatable bonds is 9. The summed E-state index contributed by atoms with van der Waals surface area (Å²) in [5.74, 6) is 7.69. The Morgan fingerprint density at radius 3 is 1.62 bits per heavy atom. The Hall–Kier alpha value is -6.97. The highest BCUT2D eigenvalue weighted by Crippen LogP contribution is 2.35. The summed E-state index contributed by atoms with van der Waals surface area (Å²) in [7, 11) is 0. The first-order valence-corrected chi connectivity index (χ1v) is 20.8. The highest BCUT2D eigenvalue weighted by atomic mass is 16.6. The molecule has 8 rings (SSSR count). The maximum Gasteiger partial charge on any atom is 0.408 e. The van der Waals surface area contributed by atoms with Crippen LogP contribution in [-0.4, -0.2) is 66.3 Å². The molecule has 2 saturated heterocycles. The van der Waals surface area contributed by atoms with Gasteiger partial charge in [0.05, 0.1) is 35.9 Å². The highest BCUT2D eigenvalue weighted by Gasteiger charge is 2.38. The molecular formula is C49H50N8O4. The van der Waals surface area contributed by atoms with Gasteiger partial charge in [-0.2, -0.15) is 0 Å². The topological polar surface area (TPSA) is 162 Å². The number of imidazole rings is 2. The van der Waals surface area contributed by atoms with Gasteiger partial charge in [-0.3, -0.25) is 9.59 Å². The predicted molar refractivity (Wildman–Crippen MR) is 233 cm³/mol. The second kappa shape index (κ2) is 17.7. The summed E-state index contributed by atoms with van der Waals surface area (Å²) < 4.78 is 5.51. The lowest BCUT2D eigenvalue weighted by Gasteiger charge is -2.29. The Morgan fingerprint density at radius 2 is 1.15 bits per heavy atom. The second-order valence-corrected chi connectivity index (χ2v) is 16.5. The fourth-order valence-electron chi connectivity index (χ4n) is 8.05. The van der Waals surface area contributed by atoms with Gasteiger partial charge in [0, 0.05) is 24.2 Å². The van der Waals surface area contributed by atoms with E-state index in [9.17, 15) is 14.4 Å². The molecular weight excluding hydrogens is 765 g/mol. The molecule has 0 spiro atoms. The van der Waals surface area contributed by atoms with Gasteiger partial charge in [0.2, 0.25) is 5.91 Å². The number of ether oxygens (including phenoxy) is 1. The molecule has 4 aromatic carbocycles. The average molecular weight is 815 g/mol. The molecule has 0 radical (unpaired) electrons. The number of benzene rings is 4. The van der Waals surface area contributed by atoms with Crippen LogP contribution in [0.15, 0.2) is 122 Å². The van der Waals surface area contributed by atoms with Gasteiger partial charge in [-0.25, -0.2) is 14.8 Å². The molecule has 5 N–H and O–H groups in total. The van der Waals surface area contributed by atoms with E-state index in [0.29, 0.717) is 24.5 Å². The van der Waals surface area contributed by atoms with E-state index in [2.05, 4.69) is 32.1 Å². The number of alkyl carbamates (subject to hydrolysis) is 1. The van der Waals surface area contributed by atoms with E-state index in [1.807, 2.05) is 120 Å². The maximum atomic E-state index is 14.1. The summed E-state index contributed by atoms with van der Waals surface area (Å²) in [4.78, 5) is 60.3. The monoisotopic (exact) mass is 814 g/mol. The summed E-state index contributed by atoms with van der Waals surface area (Å²) in [6, 6.07) is 32.6. The van der Waals surface area contributed by atoms with Crippen molar-refractivity contribution in [1.82, 2.24) is 35.1 Å². The number of nitrogens with zero attached hydrogens (tertiary/aromatic N) is 4. The van der Waals surface area contributed by atoms with Crippen LogP contribution >= 0.6 is 0 Å². The fourth-order valence-corrected chi connectivity index (χ4v) is 8.05. The minimum atomic E-state index is -0.902. The second-order valence-electron chi connectivity index (χ2n) is 16.5. The van der Waals surface area contributed by atoms with Crippen LogP contribution in [0.2, 0.25) is 0 Å². The van der Waals surface area contributed by atoms with Crippen LogP contribution in [0.3, 0.4) is 0 Å². The smallest absolute Gasteiger partial charge is 0.408 e. The molecule has 12 heteroatoms.